The molecule has 5 heteroatoms. The van der Waals surface area contributed by atoms with E-state index in [1.165, 1.54) is 7.11 Å². The van der Waals surface area contributed by atoms with E-state index in [0.717, 1.165) is 16.7 Å². The molecule has 0 aliphatic heterocycles. The van der Waals surface area contributed by atoms with Crippen molar-refractivity contribution in [1.82, 2.24) is 0 Å². The van der Waals surface area contributed by atoms with Gasteiger partial charge in [-0.1, -0.05) is 67.7 Å². The van der Waals surface area contributed by atoms with E-state index in [0.29, 0.717) is 10.6 Å². The van der Waals surface area contributed by atoms with Gasteiger partial charge in [-0.25, -0.2) is 4.79 Å². The lowest BCUT2D eigenvalue weighted by atomic mass is 10.0. The molecule has 0 saturated heterocycles. The molecule has 104 valence electrons. The molecule has 2 nitrogen and oxygen atoms in total. The summed E-state index contributed by atoms with van der Waals surface area (Å²) in [6.45, 7) is 0. The predicted octanol–water partition coefficient (Wildman–Crippen LogP) is 5.58. The van der Waals surface area contributed by atoms with Gasteiger partial charge >= 0.3 is 5.97 Å². The first-order valence-corrected chi connectivity index (χ1v) is 8.00. The van der Waals surface area contributed by atoms with E-state index in [4.69, 9.17) is 16.3 Å². The van der Waals surface area contributed by atoms with Gasteiger partial charge in [-0.15, -0.1) is 0 Å². The van der Waals surface area contributed by atoms with Crippen LogP contribution in [0.5, 0.6) is 0 Å². The van der Waals surface area contributed by atoms with Crippen molar-refractivity contribution in [2.24, 2.45) is 0 Å². The fraction of sp³-hybridized carbons (Fsp3) is 0.133. The molecule has 0 bridgehead atoms. The van der Waals surface area contributed by atoms with Crippen LogP contribution in [0.2, 0.25) is 5.02 Å². The number of hydrogen-bond donors (Lipinski definition) is 0. The second-order valence-electron chi connectivity index (χ2n) is 4.11. The first kappa shape index (κ1) is 15.5. The third-order valence-electron chi connectivity index (χ3n) is 2.84. The van der Waals surface area contributed by atoms with E-state index in [-0.39, 0.29) is 3.74 Å². The van der Waals surface area contributed by atoms with Crippen molar-refractivity contribution < 1.29 is 9.53 Å². The summed E-state index contributed by atoms with van der Waals surface area (Å²) in [6, 6.07) is 13.3. The molecule has 0 amide bonds. The van der Waals surface area contributed by atoms with Gasteiger partial charge in [-0.3, -0.25) is 0 Å². The lowest BCUT2D eigenvalue weighted by Gasteiger charge is -2.09. The first-order chi connectivity index (χ1) is 9.52. The average molecular weight is 419 g/mol. The van der Waals surface area contributed by atoms with Crippen molar-refractivity contribution in [2.45, 2.75) is 3.74 Å². The molecule has 2 rings (SSSR count). The lowest BCUT2D eigenvalue weighted by Crippen LogP contribution is -2.02. The van der Waals surface area contributed by atoms with E-state index in [2.05, 4.69) is 31.9 Å². The van der Waals surface area contributed by atoms with Crippen molar-refractivity contribution in [1.29, 1.82) is 0 Å². The van der Waals surface area contributed by atoms with E-state index in [1.807, 2.05) is 30.3 Å². The quantitative estimate of drug-likeness (QED) is 0.480. The fourth-order valence-corrected chi connectivity index (χ4v) is 2.59. The molecule has 0 aliphatic carbocycles. The minimum atomic E-state index is -0.438. The Bertz CT molecular complexity index is 642. The summed E-state index contributed by atoms with van der Waals surface area (Å²) < 4.78 is 4.82. The van der Waals surface area contributed by atoms with Gasteiger partial charge in [0.1, 0.15) is 0 Å². The Balaban J connectivity index is 2.48. The largest absolute Gasteiger partial charge is 0.465 e. The van der Waals surface area contributed by atoms with Crippen LogP contribution in [0.4, 0.5) is 0 Å². The van der Waals surface area contributed by atoms with Gasteiger partial charge in [0.2, 0.25) is 0 Å². The molecule has 0 unspecified atom stereocenters. The maximum Gasteiger partial charge on any atom is 0.339 e. The summed E-state index contributed by atoms with van der Waals surface area (Å²) in [5, 5.41) is 0.385. The Kier molecular flexibility index (Phi) is 5.24. The van der Waals surface area contributed by atoms with Gasteiger partial charge in [0.15, 0.2) is 0 Å². The van der Waals surface area contributed by atoms with Crippen LogP contribution in [0.1, 0.15) is 19.7 Å². The summed E-state index contributed by atoms with van der Waals surface area (Å²) in [5.41, 5.74) is 3.38. The van der Waals surface area contributed by atoms with Crippen LogP contribution >= 0.6 is 43.5 Å². The maximum absolute atomic E-state index is 11.7. The Morgan fingerprint density at radius 2 is 1.85 bits per heavy atom. The summed E-state index contributed by atoms with van der Waals surface area (Å²) in [4.78, 5) is 11.7. The zero-order chi connectivity index (χ0) is 14.7. The van der Waals surface area contributed by atoms with Crippen LogP contribution in [0.25, 0.3) is 11.1 Å². The lowest BCUT2D eigenvalue weighted by molar-refractivity contribution is 0.0601. The van der Waals surface area contributed by atoms with Crippen LogP contribution in [-0.4, -0.2) is 13.1 Å². The fourth-order valence-electron chi connectivity index (χ4n) is 1.83. The molecule has 0 N–H and O–H groups in total. The summed E-state index contributed by atoms with van der Waals surface area (Å²) in [5.74, 6) is -0.438. The molecule has 20 heavy (non-hydrogen) atoms. The van der Waals surface area contributed by atoms with Crippen molar-refractivity contribution in [3.63, 3.8) is 0 Å². The van der Waals surface area contributed by atoms with Crippen LogP contribution in [0.3, 0.4) is 0 Å². The van der Waals surface area contributed by atoms with E-state index >= 15 is 0 Å². The average Bonchev–Trinajstić information content (AvgIpc) is 2.47. The number of ether oxygens (including phenoxy) is 1. The molecule has 2 aromatic rings. The minimum Gasteiger partial charge on any atom is -0.465 e. The number of alkyl halides is 2. The third kappa shape index (κ3) is 3.43. The number of benzene rings is 2. The smallest absolute Gasteiger partial charge is 0.339 e. The van der Waals surface area contributed by atoms with Crippen LogP contribution in [0.15, 0.2) is 42.5 Å². The molecule has 0 aromatic heterocycles. The molecule has 0 saturated carbocycles. The number of rotatable bonds is 3. The Hall–Kier alpha value is -0.840. The highest BCUT2D eigenvalue weighted by molar-refractivity contribution is 9.24. The molecule has 2 aromatic carbocycles. The minimum absolute atomic E-state index is 0.0855. The molecule has 0 atom stereocenters. The number of carbonyl (C=O) groups excluding carboxylic acids is 1. The maximum atomic E-state index is 11.7. The monoisotopic (exact) mass is 416 g/mol. The number of halogens is 3. The third-order valence-corrected chi connectivity index (χ3v) is 4.23. The SMILES string of the molecule is COC(=O)c1cc(-c2cccc(C(Br)Br)c2)ccc1Cl. The molecule has 0 spiro atoms. The molecule has 0 radical (unpaired) electrons. The zero-order valence-electron chi connectivity index (χ0n) is 10.6. The Morgan fingerprint density at radius 3 is 2.50 bits per heavy atom. The van der Waals surface area contributed by atoms with Gasteiger partial charge in [0.25, 0.3) is 0 Å². The molecule has 0 fully saturated rings. The Labute approximate surface area is 139 Å². The second-order valence-corrected chi connectivity index (χ2v) is 7.58. The number of esters is 1. The second kappa shape index (κ2) is 6.74. The summed E-state index contributed by atoms with van der Waals surface area (Å²) in [7, 11) is 1.34. The van der Waals surface area contributed by atoms with E-state index < -0.39 is 5.97 Å². The number of methoxy groups -OCH3 is 1. The van der Waals surface area contributed by atoms with Gasteiger partial charge in [0, 0.05) is 0 Å². The summed E-state index contributed by atoms with van der Waals surface area (Å²) >= 11 is 13.0. The standard InChI is InChI=1S/C15H11Br2ClO2/c1-20-15(19)12-8-10(5-6-13(12)18)9-3-2-4-11(7-9)14(16)17/h2-8,14H,1H3. The van der Waals surface area contributed by atoms with Gasteiger partial charge in [-0.2, -0.15) is 0 Å². The molecule has 0 heterocycles. The number of hydrogen-bond acceptors (Lipinski definition) is 2. The zero-order valence-corrected chi connectivity index (χ0v) is 14.5. The Morgan fingerprint density at radius 1 is 1.15 bits per heavy atom. The van der Waals surface area contributed by atoms with Gasteiger partial charge in [0.05, 0.1) is 21.4 Å². The normalized spacial score (nSPS) is 10.7. The van der Waals surface area contributed by atoms with Crippen molar-refractivity contribution in [2.75, 3.05) is 7.11 Å². The van der Waals surface area contributed by atoms with Crippen LogP contribution in [-0.2, 0) is 4.74 Å². The van der Waals surface area contributed by atoms with Crippen molar-refractivity contribution in [3.8, 4) is 11.1 Å². The van der Waals surface area contributed by atoms with Gasteiger partial charge in [-0.05, 0) is 34.9 Å². The van der Waals surface area contributed by atoms with Crippen molar-refractivity contribution in [3.05, 3.63) is 58.6 Å². The summed E-state index contributed by atoms with van der Waals surface area (Å²) in [6.07, 6.45) is 0. The predicted molar refractivity (Wildman–Crippen MR) is 88.8 cm³/mol. The van der Waals surface area contributed by atoms with Crippen LogP contribution in [0, 0.1) is 0 Å². The highest BCUT2D eigenvalue weighted by Crippen LogP contribution is 2.33. The topological polar surface area (TPSA) is 26.3 Å². The van der Waals surface area contributed by atoms with E-state index in [9.17, 15) is 4.79 Å². The highest BCUT2D eigenvalue weighted by Gasteiger charge is 2.12. The molecular weight excluding hydrogens is 407 g/mol. The van der Waals surface area contributed by atoms with Crippen molar-refractivity contribution >= 4 is 49.4 Å². The number of carbonyl (C=O) groups is 1. The molecular formula is C15H11Br2ClO2. The molecule has 0 aliphatic rings. The van der Waals surface area contributed by atoms with E-state index in [1.54, 1.807) is 12.1 Å². The van der Waals surface area contributed by atoms with Gasteiger partial charge < -0.3 is 4.74 Å². The van der Waals surface area contributed by atoms with Crippen LogP contribution < -0.4 is 0 Å². The first-order valence-electron chi connectivity index (χ1n) is 5.79. The highest BCUT2D eigenvalue weighted by atomic mass is 79.9.